The molecular weight excluding hydrogens is 456 g/mol. The molecule has 1 saturated heterocycles. The Balaban J connectivity index is 1.45. The number of aromatic nitrogens is 2. The van der Waals surface area contributed by atoms with E-state index < -0.39 is 10.0 Å². The molecule has 4 rings (SSSR count). The number of hydrogen-bond acceptors (Lipinski definition) is 7. The van der Waals surface area contributed by atoms with Crippen molar-refractivity contribution < 1.29 is 22.5 Å². The van der Waals surface area contributed by atoms with Crippen LogP contribution >= 0.6 is 0 Å². The molecule has 0 radical (unpaired) electrons. The molecule has 1 amide bonds. The number of sulfonamides is 1. The Bertz CT molecular complexity index is 1340. The summed E-state index contributed by atoms with van der Waals surface area (Å²) >= 11 is 0. The van der Waals surface area contributed by atoms with Crippen molar-refractivity contribution in [3.63, 3.8) is 0 Å². The second-order valence-corrected chi connectivity index (χ2v) is 10.3. The van der Waals surface area contributed by atoms with Gasteiger partial charge >= 0.3 is 0 Å². The molecule has 0 spiro atoms. The first kappa shape index (κ1) is 23.8. The molecule has 1 aliphatic rings. The van der Waals surface area contributed by atoms with Gasteiger partial charge in [-0.2, -0.15) is 9.29 Å². The number of nitrogens with one attached hydrogen (secondary N) is 1. The lowest BCUT2D eigenvalue weighted by Gasteiger charge is -2.31. The maximum atomic E-state index is 13.4. The third kappa shape index (κ3) is 4.92. The Morgan fingerprint density at radius 2 is 1.82 bits per heavy atom. The molecule has 2 aromatic carbocycles. The van der Waals surface area contributed by atoms with Gasteiger partial charge in [-0.3, -0.25) is 9.59 Å². The van der Waals surface area contributed by atoms with Crippen molar-refractivity contribution in [3.8, 4) is 11.4 Å². The zero-order valence-electron chi connectivity index (χ0n) is 19.2. The molecule has 0 bridgehead atoms. The van der Waals surface area contributed by atoms with Gasteiger partial charge in [-0.25, -0.2) is 8.42 Å². The van der Waals surface area contributed by atoms with Gasteiger partial charge in [-0.1, -0.05) is 29.4 Å². The van der Waals surface area contributed by atoms with Crippen molar-refractivity contribution in [2.75, 3.05) is 18.4 Å². The number of rotatable bonds is 6. The third-order valence-corrected chi connectivity index (χ3v) is 7.99. The van der Waals surface area contributed by atoms with E-state index in [9.17, 15) is 18.0 Å². The molecule has 0 atom stereocenters. The number of nitrogens with zero attached hydrogens (tertiary/aromatic N) is 3. The summed E-state index contributed by atoms with van der Waals surface area (Å²) in [5.74, 6) is 0.153. The number of carbonyl (C=O) groups excluding carboxylic acids is 2. The molecule has 10 heteroatoms. The smallest absolute Gasteiger partial charge is 0.243 e. The predicted octanol–water partition coefficient (Wildman–Crippen LogP) is 3.60. The SMILES string of the molecule is CC(=O)c1cccc(NC(=O)C2CCN(S(=O)(=O)c3cc(-c4noc(C)n4)ccc3C)CC2)c1. The van der Waals surface area contributed by atoms with Crippen molar-refractivity contribution in [2.45, 2.75) is 38.5 Å². The molecule has 3 aromatic rings. The lowest BCUT2D eigenvalue weighted by Crippen LogP contribution is -2.41. The molecular formula is C24H26N4O5S. The Labute approximate surface area is 198 Å². The van der Waals surface area contributed by atoms with E-state index in [4.69, 9.17) is 4.52 Å². The van der Waals surface area contributed by atoms with E-state index in [1.54, 1.807) is 56.3 Å². The van der Waals surface area contributed by atoms with Crippen LogP contribution in [0.15, 0.2) is 51.9 Å². The van der Waals surface area contributed by atoms with Gasteiger partial charge in [-0.05, 0) is 50.5 Å². The minimum atomic E-state index is -3.76. The maximum absolute atomic E-state index is 13.4. The summed E-state index contributed by atoms with van der Waals surface area (Å²) in [7, 11) is -3.76. The maximum Gasteiger partial charge on any atom is 0.243 e. The highest BCUT2D eigenvalue weighted by molar-refractivity contribution is 7.89. The summed E-state index contributed by atoms with van der Waals surface area (Å²) in [5, 5.41) is 6.72. The normalized spacial score (nSPS) is 15.3. The summed E-state index contributed by atoms with van der Waals surface area (Å²) in [4.78, 5) is 28.7. The molecule has 0 unspecified atom stereocenters. The van der Waals surface area contributed by atoms with Crippen LogP contribution in [0.25, 0.3) is 11.4 Å². The van der Waals surface area contributed by atoms with E-state index in [-0.39, 0.29) is 35.6 Å². The molecule has 34 heavy (non-hydrogen) atoms. The van der Waals surface area contributed by atoms with E-state index >= 15 is 0 Å². The van der Waals surface area contributed by atoms with Gasteiger partial charge in [0.05, 0.1) is 4.90 Å². The number of piperidine rings is 1. The molecule has 2 heterocycles. The van der Waals surface area contributed by atoms with Crippen molar-refractivity contribution in [1.82, 2.24) is 14.4 Å². The standard InChI is InChI=1S/C24H26N4O5S/c1-15-7-8-20(23-25-17(3)33-27-23)14-22(15)34(31,32)28-11-9-18(10-12-28)24(30)26-21-6-4-5-19(13-21)16(2)29/h4-8,13-14,18H,9-12H2,1-3H3,(H,26,30). The highest BCUT2D eigenvalue weighted by Gasteiger charge is 2.33. The lowest BCUT2D eigenvalue weighted by atomic mass is 9.97. The Morgan fingerprint density at radius 3 is 2.47 bits per heavy atom. The number of hydrogen-bond donors (Lipinski definition) is 1. The second-order valence-electron chi connectivity index (χ2n) is 8.42. The van der Waals surface area contributed by atoms with Crippen molar-refractivity contribution in [2.24, 2.45) is 5.92 Å². The fraction of sp³-hybridized carbons (Fsp3) is 0.333. The van der Waals surface area contributed by atoms with Gasteiger partial charge in [0.25, 0.3) is 0 Å². The summed E-state index contributed by atoms with van der Waals surface area (Å²) in [5.41, 5.74) is 2.25. The van der Waals surface area contributed by atoms with Gasteiger partial charge in [0.1, 0.15) is 0 Å². The van der Waals surface area contributed by atoms with E-state index in [1.807, 2.05) is 0 Å². The highest BCUT2D eigenvalue weighted by Crippen LogP contribution is 2.29. The van der Waals surface area contributed by atoms with Crippen molar-refractivity contribution in [3.05, 3.63) is 59.5 Å². The van der Waals surface area contributed by atoms with Gasteiger partial charge < -0.3 is 9.84 Å². The van der Waals surface area contributed by atoms with Crippen LogP contribution in [0.4, 0.5) is 5.69 Å². The topological polar surface area (TPSA) is 122 Å². The van der Waals surface area contributed by atoms with E-state index in [2.05, 4.69) is 15.5 Å². The number of anilines is 1. The van der Waals surface area contributed by atoms with Crippen LogP contribution in [-0.2, 0) is 14.8 Å². The average molecular weight is 483 g/mol. The van der Waals surface area contributed by atoms with Crippen LogP contribution in [0.2, 0.25) is 0 Å². The van der Waals surface area contributed by atoms with Crippen molar-refractivity contribution in [1.29, 1.82) is 0 Å². The quantitative estimate of drug-likeness (QED) is 0.533. The summed E-state index contributed by atoms with van der Waals surface area (Å²) in [6.07, 6.45) is 0.806. The van der Waals surface area contributed by atoms with Crippen LogP contribution in [0.1, 0.15) is 41.6 Å². The van der Waals surface area contributed by atoms with Crippen LogP contribution in [0, 0.1) is 19.8 Å². The zero-order valence-corrected chi connectivity index (χ0v) is 20.1. The summed E-state index contributed by atoms with van der Waals surface area (Å²) in [6, 6.07) is 11.8. The molecule has 1 fully saturated rings. The lowest BCUT2D eigenvalue weighted by molar-refractivity contribution is -0.120. The van der Waals surface area contributed by atoms with Crippen LogP contribution in [-0.4, -0.2) is 47.6 Å². The Morgan fingerprint density at radius 1 is 1.09 bits per heavy atom. The van der Waals surface area contributed by atoms with Gasteiger partial charge in [0, 0.05) is 42.7 Å². The molecule has 178 valence electrons. The molecule has 1 N–H and O–H groups in total. The average Bonchev–Trinajstić information content (AvgIpc) is 3.25. The molecule has 9 nitrogen and oxygen atoms in total. The first-order valence-electron chi connectivity index (χ1n) is 11.0. The molecule has 0 saturated carbocycles. The van der Waals surface area contributed by atoms with Crippen LogP contribution in [0.5, 0.6) is 0 Å². The minimum absolute atomic E-state index is 0.0801. The van der Waals surface area contributed by atoms with E-state index in [1.165, 1.54) is 11.2 Å². The molecule has 0 aliphatic carbocycles. The van der Waals surface area contributed by atoms with Crippen molar-refractivity contribution >= 4 is 27.4 Å². The van der Waals surface area contributed by atoms with E-state index in [0.717, 1.165) is 0 Å². The number of carbonyl (C=O) groups is 2. The van der Waals surface area contributed by atoms with Crippen LogP contribution in [0.3, 0.4) is 0 Å². The zero-order chi connectivity index (χ0) is 24.5. The highest BCUT2D eigenvalue weighted by atomic mass is 32.2. The predicted molar refractivity (Wildman–Crippen MR) is 126 cm³/mol. The molecule has 1 aliphatic heterocycles. The Hall–Kier alpha value is -3.37. The number of Topliss-reactive ketones (excluding diaryl/α,β-unsaturated/α-hetero) is 1. The number of aryl methyl sites for hydroxylation is 2. The second kappa shape index (κ2) is 9.47. The summed E-state index contributed by atoms with van der Waals surface area (Å²) in [6.45, 7) is 5.35. The summed E-state index contributed by atoms with van der Waals surface area (Å²) < 4.78 is 33.2. The fourth-order valence-electron chi connectivity index (χ4n) is 3.99. The first-order chi connectivity index (χ1) is 16.1. The molecule has 1 aromatic heterocycles. The van der Waals surface area contributed by atoms with Gasteiger partial charge in [-0.15, -0.1) is 0 Å². The van der Waals surface area contributed by atoms with Crippen LogP contribution < -0.4 is 5.32 Å². The van der Waals surface area contributed by atoms with Gasteiger partial charge in [0.15, 0.2) is 5.78 Å². The fourth-order valence-corrected chi connectivity index (χ4v) is 5.71. The first-order valence-corrected chi connectivity index (χ1v) is 12.4. The Kier molecular flexibility index (Phi) is 6.63. The minimum Gasteiger partial charge on any atom is -0.339 e. The number of ketones is 1. The van der Waals surface area contributed by atoms with E-state index in [0.29, 0.717) is 46.9 Å². The van der Waals surface area contributed by atoms with Gasteiger partial charge in [0.2, 0.25) is 27.6 Å². The largest absolute Gasteiger partial charge is 0.339 e. The number of benzene rings is 2. The monoisotopic (exact) mass is 482 g/mol. The third-order valence-electron chi connectivity index (χ3n) is 5.95. The number of amides is 1.